The number of nitrogens with zero attached hydrogens (tertiary/aromatic N) is 1. The van der Waals surface area contributed by atoms with Gasteiger partial charge >= 0.3 is 0 Å². The van der Waals surface area contributed by atoms with Crippen LogP contribution in [0, 0.1) is 0 Å². The highest BCUT2D eigenvalue weighted by Crippen LogP contribution is 2.38. The van der Waals surface area contributed by atoms with Gasteiger partial charge in [0.05, 0.1) is 39.9 Å². The van der Waals surface area contributed by atoms with Gasteiger partial charge in [-0.2, -0.15) is 0 Å². The van der Waals surface area contributed by atoms with Crippen molar-refractivity contribution in [2.75, 3.05) is 40.9 Å². The second-order valence-corrected chi connectivity index (χ2v) is 22.4. The van der Waals surface area contributed by atoms with Gasteiger partial charge in [-0.25, -0.2) is 0 Å². The number of carbonyl (C=O) groups excluding carboxylic acids is 1. The predicted molar refractivity (Wildman–Crippen MR) is 284 cm³/mol. The third kappa shape index (κ3) is 50.8. The molecule has 3 unspecified atom stereocenters. The van der Waals surface area contributed by atoms with Crippen molar-refractivity contribution in [3.8, 4) is 0 Å². The molecule has 0 aromatic rings. The van der Waals surface area contributed by atoms with E-state index >= 15 is 0 Å². The van der Waals surface area contributed by atoms with Crippen molar-refractivity contribution < 1.29 is 32.9 Å². The van der Waals surface area contributed by atoms with Crippen molar-refractivity contribution in [1.29, 1.82) is 0 Å². The molecule has 0 saturated heterocycles. The van der Waals surface area contributed by atoms with E-state index in [1.165, 1.54) is 212 Å². The average molecular weight is 954 g/mol. The van der Waals surface area contributed by atoms with Crippen molar-refractivity contribution in [3.05, 3.63) is 24.3 Å². The average Bonchev–Trinajstić information content (AvgIpc) is 3.28. The quantitative estimate of drug-likeness (QED) is 0.0272. The Balaban J connectivity index is 4.17. The van der Waals surface area contributed by atoms with Crippen LogP contribution in [0.15, 0.2) is 24.3 Å². The zero-order valence-corrected chi connectivity index (χ0v) is 45.6. The summed E-state index contributed by atoms with van der Waals surface area (Å²) in [6.07, 6.45) is 60.6. The molecule has 66 heavy (non-hydrogen) atoms. The van der Waals surface area contributed by atoms with Gasteiger partial charge in [0.1, 0.15) is 13.2 Å². The van der Waals surface area contributed by atoms with Gasteiger partial charge in [-0.15, -0.1) is 0 Å². The fourth-order valence-corrected chi connectivity index (χ4v) is 9.38. The van der Waals surface area contributed by atoms with Gasteiger partial charge in [0, 0.05) is 6.42 Å². The molecule has 1 amide bonds. The summed E-state index contributed by atoms with van der Waals surface area (Å²) in [4.78, 5) is 25.5. The summed E-state index contributed by atoms with van der Waals surface area (Å²) in [5.74, 6) is -0.165. The maximum atomic E-state index is 13.0. The lowest BCUT2D eigenvalue weighted by Gasteiger charge is -2.30. The fraction of sp³-hybridized carbons (Fsp3) is 0.912. The largest absolute Gasteiger partial charge is 0.756 e. The Morgan fingerprint density at radius 3 is 1.26 bits per heavy atom. The van der Waals surface area contributed by atoms with Crippen LogP contribution in [0.3, 0.4) is 0 Å². The number of allylic oxidation sites excluding steroid dienone is 4. The van der Waals surface area contributed by atoms with Crippen molar-refractivity contribution in [1.82, 2.24) is 5.32 Å². The van der Waals surface area contributed by atoms with Gasteiger partial charge in [-0.1, -0.05) is 256 Å². The number of amides is 1. The zero-order valence-electron chi connectivity index (χ0n) is 44.7. The van der Waals surface area contributed by atoms with E-state index in [1.807, 2.05) is 21.1 Å². The molecule has 0 aliphatic heterocycles. The Morgan fingerprint density at radius 2 is 0.879 bits per heavy atom. The minimum Gasteiger partial charge on any atom is -0.756 e. The maximum absolute atomic E-state index is 13.0. The van der Waals surface area contributed by atoms with E-state index in [-0.39, 0.29) is 19.1 Å². The van der Waals surface area contributed by atoms with E-state index in [0.29, 0.717) is 23.9 Å². The Bertz CT molecular complexity index is 1130. The SMILES string of the molecule is CCCCCCCCCCC/C=C\C/C=C\CCCCCCCCCCCC(=O)NC(COP(=O)([O-])OCC[N+](C)(C)C)C(O)CCCCCCCCCCCCCCCCCCCCC. The van der Waals surface area contributed by atoms with Crippen LogP contribution in [-0.2, 0) is 18.4 Å². The lowest BCUT2D eigenvalue weighted by Crippen LogP contribution is -2.46. The molecule has 0 rings (SSSR count). The molecule has 8 nitrogen and oxygen atoms in total. The Hall–Kier alpha value is -1.02. The lowest BCUT2D eigenvalue weighted by atomic mass is 10.0. The van der Waals surface area contributed by atoms with E-state index in [1.54, 1.807) is 0 Å². The first-order chi connectivity index (χ1) is 32.0. The van der Waals surface area contributed by atoms with E-state index in [0.717, 1.165) is 44.9 Å². The fourth-order valence-electron chi connectivity index (χ4n) is 8.66. The first-order valence-electron chi connectivity index (χ1n) is 28.7. The molecule has 0 aliphatic carbocycles. The van der Waals surface area contributed by atoms with Crippen LogP contribution in [0.25, 0.3) is 0 Å². The summed E-state index contributed by atoms with van der Waals surface area (Å²) in [5, 5.41) is 14.0. The molecule has 0 aromatic heterocycles. The number of nitrogens with one attached hydrogen (secondary N) is 1. The summed E-state index contributed by atoms with van der Waals surface area (Å²) in [6.45, 7) is 4.75. The number of phosphoric ester groups is 1. The van der Waals surface area contributed by atoms with E-state index in [2.05, 4.69) is 43.5 Å². The van der Waals surface area contributed by atoms with Crippen molar-refractivity contribution in [3.63, 3.8) is 0 Å². The molecule has 0 bridgehead atoms. The number of hydrogen-bond acceptors (Lipinski definition) is 6. The molecule has 3 atom stereocenters. The summed E-state index contributed by atoms with van der Waals surface area (Å²) < 4.78 is 23.4. The van der Waals surface area contributed by atoms with Crippen molar-refractivity contribution >= 4 is 13.7 Å². The first kappa shape index (κ1) is 65.0. The van der Waals surface area contributed by atoms with Gasteiger partial charge in [0.25, 0.3) is 7.82 Å². The molecule has 2 N–H and O–H groups in total. The van der Waals surface area contributed by atoms with Crippen LogP contribution >= 0.6 is 7.82 Å². The maximum Gasteiger partial charge on any atom is 0.268 e. The minimum atomic E-state index is -4.57. The van der Waals surface area contributed by atoms with E-state index in [9.17, 15) is 19.4 Å². The molecule has 0 spiro atoms. The highest BCUT2D eigenvalue weighted by atomic mass is 31.2. The van der Waals surface area contributed by atoms with Gasteiger partial charge in [0.15, 0.2) is 0 Å². The monoisotopic (exact) mass is 953 g/mol. The molecule has 9 heteroatoms. The lowest BCUT2D eigenvalue weighted by molar-refractivity contribution is -0.870. The highest BCUT2D eigenvalue weighted by Gasteiger charge is 2.24. The Kier molecular flexibility index (Phi) is 48.2. The second kappa shape index (κ2) is 49.0. The first-order valence-corrected chi connectivity index (χ1v) is 30.1. The molecule has 0 heterocycles. The standard InChI is InChI=1S/C57H113N2O6P/c1-6-8-10-12-14-16-18-20-22-24-26-27-28-29-30-31-33-35-37-39-41-43-45-47-49-51-57(61)58-55(54-65-66(62,63)64-53-52-59(3,4)5)56(60)50-48-46-44-42-40-38-36-34-32-25-23-21-19-17-15-13-11-9-7-2/h26-27,29-30,55-56,60H,6-25,28,31-54H2,1-5H3,(H-,58,61,62,63)/b27-26-,30-29-. The molecule has 0 aliphatic rings. The molecule has 0 radical (unpaired) electrons. The zero-order chi connectivity index (χ0) is 48.5. The topological polar surface area (TPSA) is 108 Å². The van der Waals surface area contributed by atoms with Crippen LogP contribution in [0.4, 0.5) is 0 Å². The van der Waals surface area contributed by atoms with Crippen LogP contribution < -0.4 is 10.2 Å². The number of likely N-dealkylation sites (N-methyl/N-ethyl adjacent to an activating group) is 1. The molecular weight excluding hydrogens is 840 g/mol. The number of phosphoric acid groups is 1. The van der Waals surface area contributed by atoms with E-state index in [4.69, 9.17) is 9.05 Å². The van der Waals surface area contributed by atoms with E-state index < -0.39 is 20.0 Å². The molecule has 0 fully saturated rings. The summed E-state index contributed by atoms with van der Waals surface area (Å²) in [6, 6.07) is -0.802. The third-order valence-corrected chi connectivity index (χ3v) is 14.2. The molecule has 392 valence electrons. The van der Waals surface area contributed by atoms with Crippen LogP contribution in [0.1, 0.15) is 284 Å². The molecular formula is C57H113N2O6P. The van der Waals surface area contributed by atoms with Crippen LogP contribution in [0.2, 0.25) is 0 Å². The summed E-state index contributed by atoms with van der Waals surface area (Å²) in [7, 11) is 1.31. The number of aliphatic hydroxyl groups excluding tert-OH is 1. The Labute approximate surface area is 411 Å². The number of carbonyl (C=O) groups is 1. The normalized spacial score (nSPS) is 14.1. The van der Waals surface area contributed by atoms with Gasteiger partial charge in [-0.05, 0) is 44.9 Å². The Morgan fingerprint density at radius 1 is 0.530 bits per heavy atom. The smallest absolute Gasteiger partial charge is 0.268 e. The van der Waals surface area contributed by atoms with Gasteiger partial charge in [-0.3, -0.25) is 9.36 Å². The molecule has 0 aromatic carbocycles. The summed E-state index contributed by atoms with van der Waals surface area (Å²) in [5.41, 5.74) is 0. The van der Waals surface area contributed by atoms with Crippen molar-refractivity contribution in [2.24, 2.45) is 0 Å². The van der Waals surface area contributed by atoms with Gasteiger partial charge < -0.3 is 28.8 Å². The number of rotatable bonds is 53. The number of unbranched alkanes of at least 4 members (excludes halogenated alkanes) is 36. The number of quaternary nitrogens is 1. The minimum absolute atomic E-state index is 0.0125. The number of aliphatic hydroxyl groups is 1. The van der Waals surface area contributed by atoms with Crippen LogP contribution in [0.5, 0.6) is 0 Å². The third-order valence-electron chi connectivity index (χ3n) is 13.2. The van der Waals surface area contributed by atoms with Crippen LogP contribution in [-0.4, -0.2) is 68.5 Å². The highest BCUT2D eigenvalue weighted by molar-refractivity contribution is 7.45. The predicted octanol–water partition coefficient (Wildman–Crippen LogP) is 16.6. The summed E-state index contributed by atoms with van der Waals surface area (Å²) >= 11 is 0. The second-order valence-electron chi connectivity index (χ2n) is 21.0. The van der Waals surface area contributed by atoms with Gasteiger partial charge in [0.2, 0.25) is 5.91 Å². The number of hydrogen-bond donors (Lipinski definition) is 2. The van der Waals surface area contributed by atoms with Crippen molar-refractivity contribution in [2.45, 2.75) is 296 Å². The molecule has 0 saturated carbocycles.